The van der Waals surface area contributed by atoms with Crippen molar-refractivity contribution >= 4 is 12.6 Å². The largest absolute Gasteiger partial charge is 0.296 e. The minimum atomic E-state index is 0.786. The van der Waals surface area contributed by atoms with Crippen LogP contribution in [-0.2, 0) is 0 Å². The van der Waals surface area contributed by atoms with Crippen molar-refractivity contribution in [1.82, 2.24) is 4.90 Å². The SMILES string of the molecule is C=C(CS)CN1CCCCCC1CC. The minimum absolute atomic E-state index is 0.786. The van der Waals surface area contributed by atoms with Crippen LogP contribution in [0.25, 0.3) is 0 Å². The van der Waals surface area contributed by atoms with Crippen molar-refractivity contribution in [1.29, 1.82) is 0 Å². The molecule has 1 aliphatic heterocycles. The number of nitrogens with zero attached hydrogens (tertiary/aromatic N) is 1. The Balaban J connectivity index is 2.47. The molecule has 0 radical (unpaired) electrons. The van der Waals surface area contributed by atoms with Crippen molar-refractivity contribution in [3.05, 3.63) is 12.2 Å². The zero-order valence-electron chi connectivity index (χ0n) is 9.34. The summed E-state index contributed by atoms with van der Waals surface area (Å²) in [5.74, 6) is 0.826. The Bertz CT molecular complexity index is 179. The molecule has 0 aromatic rings. The summed E-state index contributed by atoms with van der Waals surface area (Å²) in [6.45, 7) is 8.66. The average Bonchev–Trinajstić information content (AvgIpc) is 2.42. The Labute approximate surface area is 94.0 Å². The molecule has 1 fully saturated rings. The number of thiol groups is 1. The Morgan fingerprint density at radius 3 is 2.86 bits per heavy atom. The summed E-state index contributed by atoms with van der Waals surface area (Å²) < 4.78 is 0. The first-order chi connectivity index (χ1) is 6.77. The molecule has 0 saturated carbocycles. The first kappa shape index (κ1) is 12.1. The Morgan fingerprint density at radius 1 is 1.43 bits per heavy atom. The highest BCUT2D eigenvalue weighted by molar-refractivity contribution is 7.80. The van der Waals surface area contributed by atoms with Crippen LogP contribution in [0.2, 0.25) is 0 Å². The number of hydrogen-bond acceptors (Lipinski definition) is 2. The first-order valence-corrected chi connectivity index (χ1v) is 6.42. The highest BCUT2D eigenvalue weighted by Crippen LogP contribution is 2.19. The average molecular weight is 213 g/mol. The number of likely N-dealkylation sites (tertiary alicyclic amines) is 1. The second-order valence-electron chi connectivity index (χ2n) is 4.29. The molecule has 1 nitrogen and oxygen atoms in total. The fourth-order valence-corrected chi connectivity index (χ4v) is 2.34. The van der Waals surface area contributed by atoms with Gasteiger partial charge in [0.1, 0.15) is 0 Å². The monoisotopic (exact) mass is 213 g/mol. The highest BCUT2D eigenvalue weighted by Gasteiger charge is 2.19. The summed E-state index contributed by atoms with van der Waals surface area (Å²) in [5, 5.41) is 0. The van der Waals surface area contributed by atoms with Gasteiger partial charge in [-0.1, -0.05) is 31.9 Å². The third-order valence-corrected chi connectivity index (χ3v) is 3.57. The second-order valence-corrected chi connectivity index (χ2v) is 4.61. The van der Waals surface area contributed by atoms with Gasteiger partial charge in [-0.15, -0.1) is 0 Å². The van der Waals surface area contributed by atoms with E-state index in [0.29, 0.717) is 0 Å². The summed E-state index contributed by atoms with van der Waals surface area (Å²) in [6.07, 6.45) is 6.81. The lowest BCUT2D eigenvalue weighted by molar-refractivity contribution is 0.212. The molecule has 1 saturated heterocycles. The maximum atomic E-state index is 4.27. The fourth-order valence-electron chi connectivity index (χ4n) is 2.24. The highest BCUT2D eigenvalue weighted by atomic mass is 32.1. The van der Waals surface area contributed by atoms with Crippen LogP contribution in [0.3, 0.4) is 0 Å². The van der Waals surface area contributed by atoms with Crippen molar-refractivity contribution < 1.29 is 0 Å². The number of rotatable bonds is 4. The molecule has 14 heavy (non-hydrogen) atoms. The van der Waals surface area contributed by atoms with Gasteiger partial charge in [0.2, 0.25) is 0 Å². The topological polar surface area (TPSA) is 3.24 Å². The smallest absolute Gasteiger partial charge is 0.0201 e. The van der Waals surface area contributed by atoms with Crippen LogP contribution in [0.4, 0.5) is 0 Å². The van der Waals surface area contributed by atoms with Crippen LogP contribution in [0.1, 0.15) is 39.0 Å². The lowest BCUT2D eigenvalue weighted by atomic mass is 10.1. The van der Waals surface area contributed by atoms with E-state index in [1.807, 2.05) is 0 Å². The van der Waals surface area contributed by atoms with Crippen molar-refractivity contribution in [2.24, 2.45) is 0 Å². The van der Waals surface area contributed by atoms with Gasteiger partial charge >= 0.3 is 0 Å². The lowest BCUT2D eigenvalue weighted by Crippen LogP contribution is -2.36. The maximum absolute atomic E-state index is 4.27. The molecule has 0 aliphatic carbocycles. The molecule has 0 amide bonds. The van der Waals surface area contributed by atoms with E-state index >= 15 is 0 Å². The zero-order valence-corrected chi connectivity index (χ0v) is 10.2. The van der Waals surface area contributed by atoms with Gasteiger partial charge in [-0.25, -0.2) is 0 Å². The molecule has 0 spiro atoms. The van der Waals surface area contributed by atoms with E-state index in [0.717, 1.165) is 18.3 Å². The molecule has 1 aliphatic rings. The summed E-state index contributed by atoms with van der Waals surface area (Å²) in [5.41, 5.74) is 1.26. The molecule has 1 rings (SSSR count). The quantitative estimate of drug-likeness (QED) is 0.555. The van der Waals surface area contributed by atoms with Gasteiger partial charge in [-0.2, -0.15) is 12.6 Å². The molecule has 1 unspecified atom stereocenters. The van der Waals surface area contributed by atoms with E-state index in [-0.39, 0.29) is 0 Å². The zero-order chi connectivity index (χ0) is 10.4. The first-order valence-electron chi connectivity index (χ1n) is 5.79. The molecule has 0 N–H and O–H groups in total. The van der Waals surface area contributed by atoms with E-state index < -0.39 is 0 Å². The van der Waals surface area contributed by atoms with Gasteiger partial charge < -0.3 is 0 Å². The molecule has 0 aromatic heterocycles. The van der Waals surface area contributed by atoms with Crippen LogP contribution in [0.15, 0.2) is 12.2 Å². The summed E-state index contributed by atoms with van der Waals surface area (Å²) in [4.78, 5) is 2.60. The molecule has 1 atom stereocenters. The van der Waals surface area contributed by atoms with Gasteiger partial charge in [-0.3, -0.25) is 4.90 Å². The third kappa shape index (κ3) is 3.66. The molecular weight excluding hydrogens is 190 g/mol. The van der Waals surface area contributed by atoms with Crippen molar-refractivity contribution in [3.63, 3.8) is 0 Å². The predicted molar refractivity (Wildman–Crippen MR) is 67.1 cm³/mol. The van der Waals surface area contributed by atoms with Gasteiger partial charge in [0.05, 0.1) is 0 Å². The standard InChI is InChI=1S/C12H23NS/c1-3-12-7-5-4-6-8-13(12)9-11(2)10-14/h12,14H,2-10H2,1H3. The van der Waals surface area contributed by atoms with E-state index in [4.69, 9.17) is 0 Å². The third-order valence-electron chi connectivity index (χ3n) is 3.12. The Morgan fingerprint density at radius 2 is 2.21 bits per heavy atom. The van der Waals surface area contributed by atoms with Crippen LogP contribution in [0.5, 0.6) is 0 Å². The summed E-state index contributed by atoms with van der Waals surface area (Å²) in [6, 6.07) is 0.786. The van der Waals surface area contributed by atoms with E-state index in [2.05, 4.69) is 31.0 Å². The molecule has 0 bridgehead atoms. The van der Waals surface area contributed by atoms with Gasteiger partial charge in [0.25, 0.3) is 0 Å². The molecular formula is C12H23NS. The number of hydrogen-bond donors (Lipinski definition) is 1. The van der Waals surface area contributed by atoms with Gasteiger partial charge in [-0.05, 0) is 25.8 Å². The Kier molecular flexibility index (Phi) is 5.64. The molecule has 0 aromatic carbocycles. The van der Waals surface area contributed by atoms with Crippen molar-refractivity contribution in [3.8, 4) is 0 Å². The van der Waals surface area contributed by atoms with Crippen LogP contribution < -0.4 is 0 Å². The molecule has 82 valence electrons. The maximum Gasteiger partial charge on any atom is 0.0201 e. The van der Waals surface area contributed by atoms with Crippen LogP contribution in [0, 0.1) is 0 Å². The van der Waals surface area contributed by atoms with Crippen molar-refractivity contribution in [2.75, 3.05) is 18.8 Å². The van der Waals surface area contributed by atoms with Crippen molar-refractivity contribution in [2.45, 2.75) is 45.1 Å². The van der Waals surface area contributed by atoms with Crippen LogP contribution >= 0.6 is 12.6 Å². The predicted octanol–water partition coefficient (Wildman–Crippen LogP) is 3.13. The second kappa shape index (κ2) is 6.52. The molecule has 2 heteroatoms. The van der Waals surface area contributed by atoms with Gasteiger partial charge in [0.15, 0.2) is 0 Å². The Hall–Kier alpha value is 0.0500. The summed E-state index contributed by atoms with van der Waals surface area (Å²) >= 11 is 4.27. The lowest BCUT2D eigenvalue weighted by Gasteiger charge is -2.29. The van der Waals surface area contributed by atoms with E-state index in [1.54, 1.807) is 0 Å². The molecule has 1 heterocycles. The van der Waals surface area contributed by atoms with E-state index in [1.165, 1.54) is 44.2 Å². The normalized spacial score (nSPS) is 24.6. The summed E-state index contributed by atoms with van der Waals surface area (Å²) in [7, 11) is 0. The van der Waals surface area contributed by atoms with Gasteiger partial charge in [0, 0.05) is 18.3 Å². The minimum Gasteiger partial charge on any atom is -0.296 e. The van der Waals surface area contributed by atoms with Crippen LogP contribution in [-0.4, -0.2) is 29.8 Å². The van der Waals surface area contributed by atoms with E-state index in [9.17, 15) is 0 Å². The fraction of sp³-hybridized carbons (Fsp3) is 0.833.